The molecular formula is C16H20N2O3. The van der Waals surface area contributed by atoms with E-state index in [9.17, 15) is 15.0 Å². The standard InChI is InChI=1S/C16H20N2O3/c1-3-8-18-10-12(4-7-16(18)21)17-11(2)14-9-13(19)5-6-15(14)20/h4-7,9-11,17,19-20H,3,8H2,1-2H3. The highest BCUT2D eigenvalue weighted by Crippen LogP contribution is 2.29. The highest BCUT2D eigenvalue weighted by atomic mass is 16.3. The van der Waals surface area contributed by atoms with E-state index in [0.717, 1.165) is 12.1 Å². The molecule has 0 spiro atoms. The van der Waals surface area contributed by atoms with Gasteiger partial charge in [-0.1, -0.05) is 6.92 Å². The van der Waals surface area contributed by atoms with Crippen molar-refractivity contribution in [2.24, 2.45) is 0 Å². The van der Waals surface area contributed by atoms with Crippen molar-refractivity contribution < 1.29 is 10.2 Å². The fourth-order valence-electron chi connectivity index (χ4n) is 2.25. The number of nitrogens with one attached hydrogen (secondary N) is 1. The van der Waals surface area contributed by atoms with E-state index in [1.807, 2.05) is 13.8 Å². The lowest BCUT2D eigenvalue weighted by Gasteiger charge is -2.18. The quantitative estimate of drug-likeness (QED) is 0.740. The maximum Gasteiger partial charge on any atom is 0.250 e. The first-order chi connectivity index (χ1) is 10.0. The largest absolute Gasteiger partial charge is 0.508 e. The fraction of sp³-hybridized carbons (Fsp3) is 0.312. The van der Waals surface area contributed by atoms with Crippen LogP contribution in [0.3, 0.4) is 0 Å². The first kappa shape index (κ1) is 15.0. The Morgan fingerprint density at radius 3 is 2.71 bits per heavy atom. The molecule has 0 radical (unpaired) electrons. The van der Waals surface area contributed by atoms with Crippen LogP contribution in [0.2, 0.25) is 0 Å². The Bertz CT molecular complexity index is 679. The van der Waals surface area contributed by atoms with Crippen LogP contribution < -0.4 is 10.9 Å². The Morgan fingerprint density at radius 1 is 1.24 bits per heavy atom. The molecule has 0 aliphatic carbocycles. The van der Waals surface area contributed by atoms with E-state index in [2.05, 4.69) is 5.32 Å². The van der Waals surface area contributed by atoms with E-state index >= 15 is 0 Å². The third-order valence-electron chi connectivity index (χ3n) is 3.31. The molecule has 5 nitrogen and oxygen atoms in total. The molecule has 1 heterocycles. The summed E-state index contributed by atoms with van der Waals surface area (Å²) < 4.78 is 1.65. The molecule has 0 aliphatic rings. The second-order valence-corrected chi connectivity index (χ2v) is 5.06. The highest BCUT2D eigenvalue weighted by molar-refractivity contribution is 5.47. The van der Waals surface area contributed by atoms with Crippen LogP contribution in [0.1, 0.15) is 31.9 Å². The zero-order valence-electron chi connectivity index (χ0n) is 12.2. The van der Waals surface area contributed by atoms with Crippen molar-refractivity contribution in [3.05, 3.63) is 52.4 Å². The van der Waals surface area contributed by atoms with E-state index in [4.69, 9.17) is 0 Å². The van der Waals surface area contributed by atoms with Gasteiger partial charge in [0.2, 0.25) is 0 Å². The number of aromatic nitrogens is 1. The Labute approximate surface area is 123 Å². The van der Waals surface area contributed by atoms with Gasteiger partial charge < -0.3 is 20.1 Å². The summed E-state index contributed by atoms with van der Waals surface area (Å²) >= 11 is 0. The third-order valence-corrected chi connectivity index (χ3v) is 3.31. The van der Waals surface area contributed by atoms with Crippen LogP contribution in [-0.4, -0.2) is 14.8 Å². The van der Waals surface area contributed by atoms with Crippen LogP contribution in [0.4, 0.5) is 5.69 Å². The van der Waals surface area contributed by atoms with E-state index in [1.165, 1.54) is 24.3 Å². The fourth-order valence-corrected chi connectivity index (χ4v) is 2.25. The lowest BCUT2D eigenvalue weighted by Crippen LogP contribution is -2.19. The Balaban J connectivity index is 2.23. The number of benzene rings is 1. The van der Waals surface area contributed by atoms with Gasteiger partial charge in [0, 0.05) is 24.4 Å². The lowest BCUT2D eigenvalue weighted by molar-refractivity contribution is 0.451. The van der Waals surface area contributed by atoms with Crippen molar-refractivity contribution >= 4 is 5.69 Å². The van der Waals surface area contributed by atoms with Crippen molar-refractivity contribution in [1.29, 1.82) is 0 Å². The minimum Gasteiger partial charge on any atom is -0.508 e. The number of aryl methyl sites for hydroxylation is 1. The van der Waals surface area contributed by atoms with Crippen molar-refractivity contribution in [2.45, 2.75) is 32.9 Å². The van der Waals surface area contributed by atoms with Gasteiger partial charge in [-0.15, -0.1) is 0 Å². The molecule has 0 saturated heterocycles. The number of phenols is 2. The minimum atomic E-state index is -0.204. The van der Waals surface area contributed by atoms with Crippen molar-refractivity contribution in [2.75, 3.05) is 5.32 Å². The molecule has 2 rings (SSSR count). The lowest BCUT2D eigenvalue weighted by atomic mass is 10.1. The number of hydrogen-bond donors (Lipinski definition) is 3. The Kier molecular flexibility index (Phi) is 4.52. The molecule has 1 aromatic carbocycles. The van der Waals surface area contributed by atoms with Crippen molar-refractivity contribution in [1.82, 2.24) is 4.57 Å². The molecule has 5 heteroatoms. The molecule has 0 amide bonds. The Morgan fingerprint density at radius 2 is 2.00 bits per heavy atom. The van der Waals surface area contributed by atoms with E-state index in [0.29, 0.717) is 12.1 Å². The summed E-state index contributed by atoms with van der Waals surface area (Å²) in [7, 11) is 0. The first-order valence-electron chi connectivity index (χ1n) is 7.00. The summed E-state index contributed by atoms with van der Waals surface area (Å²) in [5, 5.41) is 22.6. The van der Waals surface area contributed by atoms with Crippen LogP contribution in [-0.2, 0) is 6.54 Å². The van der Waals surface area contributed by atoms with Crippen molar-refractivity contribution in [3.8, 4) is 11.5 Å². The number of hydrogen-bond acceptors (Lipinski definition) is 4. The molecule has 112 valence electrons. The number of phenolic OH excluding ortho intramolecular Hbond substituents is 2. The van der Waals surface area contributed by atoms with Gasteiger partial charge in [-0.3, -0.25) is 4.79 Å². The van der Waals surface area contributed by atoms with Crippen LogP contribution in [0.25, 0.3) is 0 Å². The van der Waals surface area contributed by atoms with Crippen LogP contribution in [0.5, 0.6) is 11.5 Å². The monoisotopic (exact) mass is 288 g/mol. The predicted octanol–water partition coefficient (Wildman–Crippen LogP) is 2.84. The summed E-state index contributed by atoms with van der Waals surface area (Å²) in [6.07, 6.45) is 2.65. The number of anilines is 1. The first-order valence-corrected chi connectivity index (χ1v) is 7.00. The van der Waals surface area contributed by atoms with Crippen LogP contribution in [0, 0.1) is 0 Å². The summed E-state index contributed by atoms with van der Waals surface area (Å²) in [5.74, 6) is 0.224. The van der Waals surface area contributed by atoms with Crippen LogP contribution in [0.15, 0.2) is 41.3 Å². The van der Waals surface area contributed by atoms with Gasteiger partial charge >= 0.3 is 0 Å². The molecule has 3 N–H and O–H groups in total. The van der Waals surface area contributed by atoms with Crippen molar-refractivity contribution in [3.63, 3.8) is 0 Å². The summed E-state index contributed by atoms with van der Waals surface area (Å²) in [4.78, 5) is 11.7. The number of pyridine rings is 1. The number of aromatic hydroxyl groups is 2. The molecule has 2 aromatic rings. The second kappa shape index (κ2) is 6.35. The van der Waals surface area contributed by atoms with E-state index in [1.54, 1.807) is 16.8 Å². The number of rotatable bonds is 5. The van der Waals surface area contributed by atoms with Crippen LogP contribution >= 0.6 is 0 Å². The summed E-state index contributed by atoms with van der Waals surface area (Å²) in [6, 6.07) is 7.45. The third kappa shape index (κ3) is 3.56. The van der Waals surface area contributed by atoms with Gasteiger partial charge in [-0.05, 0) is 37.6 Å². The molecule has 1 aromatic heterocycles. The topological polar surface area (TPSA) is 74.5 Å². The average molecular weight is 288 g/mol. The maximum absolute atomic E-state index is 11.7. The van der Waals surface area contributed by atoms with Gasteiger partial charge in [0.25, 0.3) is 5.56 Å². The van der Waals surface area contributed by atoms with E-state index < -0.39 is 0 Å². The SMILES string of the molecule is CCCn1cc(NC(C)c2cc(O)ccc2O)ccc1=O. The molecular weight excluding hydrogens is 268 g/mol. The van der Waals surface area contributed by atoms with Gasteiger partial charge in [-0.2, -0.15) is 0 Å². The molecule has 0 fully saturated rings. The molecule has 0 aliphatic heterocycles. The maximum atomic E-state index is 11.7. The normalized spacial score (nSPS) is 12.1. The highest BCUT2D eigenvalue weighted by Gasteiger charge is 2.11. The molecule has 21 heavy (non-hydrogen) atoms. The van der Waals surface area contributed by atoms with Gasteiger partial charge in [-0.25, -0.2) is 0 Å². The average Bonchev–Trinajstić information content (AvgIpc) is 2.45. The van der Waals surface area contributed by atoms with Gasteiger partial charge in [0.1, 0.15) is 11.5 Å². The summed E-state index contributed by atoms with van der Waals surface area (Å²) in [5.41, 5.74) is 1.36. The second-order valence-electron chi connectivity index (χ2n) is 5.06. The molecule has 0 bridgehead atoms. The zero-order chi connectivity index (χ0) is 15.4. The zero-order valence-corrected chi connectivity index (χ0v) is 12.2. The predicted molar refractivity (Wildman–Crippen MR) is 82.8 cm³/mol. The molecule has 1 unspecified atom stereocenters. The van der Waals surface area contributed by atoms with Gasteiger partial charge in [0.15, 0.2) is 0 Å². The van der Waals surface area contributed by atoms with Gasteiger partial charge in [0.05, 0.1) is 11.7 Å². The number of nitrogens with zero attached hydrogens (tertiary/aromatic N) is 1. The summed E-state index contributed by atoms with van der Waals surface area (Å²) in [6.45, 7) is 4.56. The molecule has 0 saturated carbocycles. The smallest absolute Gasteiger partial charge is 0.250 e. The Hall–Kier alpha value is -2.43. The molecule has 1 atom stereocenters. The van der Waals surface area contributed by atoms with E-state index in [-0.39, 0.29) is 23.1 Å². The minimum absolute atomic E-state index is 0.0322.